The van der Waals surface area contributed by atoms with Gasteiger partial charge in [-0.1, -0.05) is 0 Å². The van der Waals surface area contributed by atoms with Crippen molar-refractivity contribution in [1.82, 2.24) is 14.6 Å². The van der Waals surface area contributed by atoms with Crippen molar-refractivity contribution in [1.29, 1.82) is 0 Å². The summed E-state index contributed by atoms with van der Waals surface area (Å²) in [7, 11) is 0. The number of aryl methyl sites for hydroxylation is 1. The number of rotatable bonds is 3. The monoisotopic (exact) mass is 405 g/mol. The quantitative estimate of drug-likeness (QED) is 0.321. The van der Waals surface area contributed by atoms with Crippen LogP contribution in [0, 0.1) is 28.7 Å². The zero-order chi connectivity index (χ0) is 20.0. The number of aromatic nitrogens is 3. The van der Waals surface area contributed by atoms with E-state index in [1.807, 2.05) is 0 Å². The number of hydrogen-bond donors (Lipinski definition) is 1. The topological polar surface area (TPSA) is 93.3 Å². The molecule has 0 fully saturated rings. The predicted molar refractivity (Wildman–Crippen MR) is 104 cm³/mol. The fourth-order valence-electron chi connectivity index (χ4n) is 3.07. The zero-order valence-corrected chi connectivity index (χ0v) is 17.4. The van der Waals surface area contributed by atoms with Crippen molar-refractivity contribution < 1.29 is 13.7 Å². The van der Waals surface area contributed by atoms with Gasteiger partial charge in [0.25, 0.3) is 11.2 Å². The van der Waals surface area contributed by atoms with Crippen molar-refractivity contribution >= 4 is 40.9 Å². The Balaban J connectivity index is 0.00000240. The molecule has 0 bridgehead atoms. The Hall–Kier alpha value is -2.88. The fourth-order valence-corrected chi connectivity index (χ4v) is 3.07. The van der Waals surface area contributed by atoms with Crippen LogP contribution < -0.4 is 5.56 Å². The van der Waals surface area contributed by atoms with Crippen molar-refractivity contribution in [2.75, 3.05) is 0 Å². The second-order valence-corrected chi connectivity index (χ2v) is 6.18. The van der Waals surface area contributed by atoms with Crippen molar-refractivity contribution in [3.05, 3.63) is 86.3 Å². The standard InChI is InChI=1S/C19H12F2N4O3.Na/c1-10-18(14-7-4-12(20)8-15(14)21)19-22-16(9-17(26)24(19)23-10)11-2-5-13(6-3-11)25(27)28;/h2-9,23H,1H3;. The van der Waals surface area contributed by atoms with Gasteiger partial charge in [0.2, 0.25) is 0 Å². The average Bonchev–Trinajstić information content (AvgIpc) is 2.98. The van der Waals surface area contributed by atoms with Crippen molar-refractivity contribution in [2.24, 2.45) is 0 Å². The van der Waals surface area contributed by atoms with E-state index in [2.05, 4.69) is 10.1 Å². The number of nitro benzene ring substituents is 1. The first-order valence-electron chi connectivity index (χ1n) is 8.18. The summed E-state index contributed by atoms with van der Waals surface area (Å²) in [5.74, 6) is -1.49. The number of aromatic amines is 1. The molecule has 29 heavy (non-hydrogen) atoms. The third-order valence-corrected chi connectivity index (χ3v) is 4.37. The summed E-state index contributed by atoms with van der Waals surface area (Å²) < 4.78 is 28.8. The summed E-state index contributed by atoms with van der Waals surface area (Å²) >= 11 is 0. The van der Waals surface area contributed by atoms with Crippen LogP contribution in [-0.2, 0) is 0 Å². The van der Waals surface area contributed by atoms with Crippen LogP contribution in [-0.4, -0.2) is 49.1 Å². The van der Waals surface area contributed by atoms with Crippen LogP contribution in [0.3, 0.4) is 0 Å². The van der Waals surface area contributed by atoms with Gasteiger partial charge in [-0.15, -0.1) is 0 Å². The molecule has 141 valence electrons. The third-order valence-electron chi connectivity index (χ3n) is 4.37. The van der Waals surface area contributed by atoms with Crippen LogP contribution >= 0.6 is 0 Å². The maximum Gasteiger partial charge on any atom is 0.273 e. The number of non-ortho nitro benzene ring substituents is 1. The van der Waals surface area contributed by atoms with Gasteiger partial charge in [0.1, 0.15) is 11.6 Å². The summed E-state index contributed by atoms with van der Waals surface area (Å²) in [6.07, 6.45) is 0. The van der Waals surface area contributed by atoms with Crippen LogP contribution in [0.1, 0.15) is 5.69 Å². The molecular formula is C19H12F2N4NaO3. The minimum Gasteiger partial charge on any atom is -0.293 e. The Morgan fingerprint density at radius 2 is 1.79 bits per heavy atom. The Bertz CT molecular complexity index is 1300. The van der Waals surface area contributed by atoms with Gasteiger partial charge in [-0.05, 0) is 31.2 Å². The molecule has 10 heteroatoms. The molecule has 7 nitrogen and oxygen atoms in total. The summed E-state index contributed by atoms with van der Waals surface area (Å²) in [6, 6.07) is 10.0. The molecule has 4 aromatic rings. The normalized spacial score (nSPS) is 10.7. The van der Waals surface area contributed by atoms with Gasteiger partial charge in [-0.25, -0.2) is 18.3 Å². The molecule has 2 heterocycles. The van der Waals surface area contributed by atoms with Gasteiger partial charge in [-0.3, -0.25) is 20.0 Å². The first kappa shape index (κ1) is 20.8. The second kappa shape index (κ2) is 7.86. The Labute approximate surface area is 184 Å². The largest absolute Gasteiger partial charge is 0.293 e. The molecule has 0 saturated carbocycles. The molecule has 0 atom stereocenters. The van der Waals surface area contributed by atoms with Gasteiger partial charge in [-0.2, -0.15) is 0 Å². The van der Waals surface area contributed by atoms with Crippen LogP contribution in [0.25, 0.3) is 28.0 Å². The summed E-state index contributed by atoms with van der Waals surface area (Å²) in [6.45, 7) is 1.65. The van der Waals surface area contributed by atoms with E-state index in [0.29, 0.717) is 16.8 Å². The molecule has 0 spiro atoms. The van der Waals surface area contributed by atoms with E-state index in [-0.39, 0.29) is 52.1 Å². The molecule has 1 radical (unpaired) electrons. The van der Waals surface area contributed by atoms with E-state index in [1.165, 1.54) is 40.9 Å². The molecule has 0 aliphatic carbocycles. The summed E-state index contributed by atoms with van der Waals surface area (Å²) in [5.41, 5.74) is 1.34. The Morgan fingerprint density at radius 1 is 1.10 bits per heavy atom. The molecule has 0 saturated heterocycles. The SMILES string of the molecule is Cc1[nH]n2c(=O)cc(-c3ccc([N+](=O)[O-])cc3)nc2c1-c1ccc(F)cc1F.[Na]. The maximum atomic E-state index is 14.3. The van der Waals surface area contributed by atoms with Gasteiger partial charge in [0.05, 0.1) is 10.6 Å². The van der Waals surface area contributed by atoms with Gasteiger partial charge < -0.3 is 0 Å². The predicted octanol–water partition coefficient (Wildman–Crippen LogP) is 3.47. The minimum atomic E-state index is -0.778. The molecule has 2 aromatic carbocycles. The number of fused-ring (bicyclic) bond motifs is 1. The molecular weight excluding hydrogens is 393 g/mol. The van der Waals surface area contributed by atoms with Crippen molar-refractivity contribution in [2.45, 2.75) is 6.92 Å². The minimum absolute atomic E-state index is 0. The van der Waals surface area contributed by atoms with Crippen LogP contribution in [0.5, 0.6) is 0 Å². The second-order valence-electron chi connectivity index (χ2n) is 6.18. The average molecular weight is 405 g/mol. The van der Waals surface area contributed by atoms with Crippen molar-refractivity contribution in [3.8, 4) is 22.4 Å². The first-order chi connectivity index (χ1) is 13.3. The number of halogens is 2. The summed E-state index contributed by atoms with van der Waals surface area (Å²) in [4.78, 5) is 27.2. The van der Waals surface area contributed by atoms with E-state index < -0.39 is 22.1 Å². The number of nitrogens with one attached hydrogen (secondary N) is 1. The Morgan fingerprint density at radius 3 is 2.41 bits per heavy atom. The summed E-state index contributed by atoms with van der Waals surface area (Å²) in [5, 5.41) is 13.6. The van der Waals surface area contributed by atoms with E-state index in [0.717, 1.165) is 12.1 Å². The number of nitrogens with zero attached hydrogens (tertiary/aromatic N) is 3. The number of H-pyrrole nitrogens is 1. The molecule has 0 unspecified atom stereocenters. The molecule has 0 aliphatic heterocycles. The smallest absolute Gasteiger partial charge is 0.273 e. The van der Waals surface area contributed by atoms with Gasteiger partial charge >= 0.3 is 0 Å². The zero-order valence-electron chi connectivity index (χ0n) is 15.4. The third kappa shape index (κ3) is 3.71. The van der Waals surface area contributed by atoms with E-state index in [1.54, 1.807) is 6.92 Å². The molecule has 1 N–H and O–H groups in total. The van der Waals surface area contributed by atoms with E-state index in [4.69, 9.17) is 0 Å². The molecule has 0 amide bonds. The van der Waals surface area contributed by atoms with E-state index in [9.17, 15) is 23.7 Å². The van der Waals surface area contributed by atoms with Crippen LogP contribution in [0.15, 0.2) is 53.3 Å². The number of hydrogen-bond acceptors (Lipinski definition) is 4. The van der Waals surface area contributed by atoms with Crippen LogP contribution in [0.4, 0.5) is 14.5 Å². The molecule has 0 aliphatic rings. The van der Waals surface area contributed by atoms with E-state index >= 15 is 0 Å². The fraction of sp³-hybridized carbons (Fsp3) is 0.0526. The molecule has 4 rings (SSSR count). The first-order valence-corrected chi connectivity index (χ1v) is 8.18. The van der Waals surface area contributed by atoms with Gasteiger partial charge in [0, 0.05) is 76.2 Å². The molecule has 2 aromatic heterocycles. The maximum absolute atomic E-state index is 14.3. The number of nitro groups is 1. The van der Waals surface area contributed by atoms with Crippen LogP contribution in [0.2, 0.25) is 0 Å². The number of benzene rings is 2. The van der Waals surface area contributed by atoms with Gasteiger partial charge in [0.15, 0.2) is 5.65 Å². The Kier molecular flexibility index (Phi) is 5.65. The van der Waals surface area contributed by atoms with Crippen molar-refractivity contribution in [3.63, 3.8) is 0 Å².